The molecule has 4 nitrogen and oxygen atoms in total. The molecular formula is C13H25ClN2O2. The van der Waals surface area contributed by atoms with Crippen LogP contribution in [0, 0.1) is 0 Å². The first-order chi connectivity index (χ1) is 8.13. The first-order valence-electron chi connectivity index (χ1n) is 6.80. The zero-order chi connectivity index (χ0) is 12.3. The Labute approximate surface area is 116 Å². The van der Waals surface area contributed by atoms with Crippen molar-refractivity contribution in [3.05, 3.63) is 0 Å². The van der Waals surface area contributed by atoms with Gasteiger partial charge in [-0.15, -0.1) is 12.4 Å². The van der Waals surface area contributed by atoms with Crippen molar-refractivity contribution in [2.45, 2.75) is 70.2 Å². The normalized spacial score (nSPS) is 30.1. The Morgan fingerprint density at radius 2 is 1.94 bits per heavy atom. The molecule has 0 saturated carbocycles. The maximum Gasteiger partial charge on any atom is 0.222 e. The van der Waals surface area contributed by atoms with Crippen LogP contribution in [0.1, 0.15) is 46.0 Å². The van der Waals surface area contributed by atoms with E-state index in [1.807, 2.05) is 13.8 Å². The van der Waals surface area contributed by atoms with Gasteiger partial charge in [-0.1, -0.05) is 0 Å². The van der Waals surface area contributed by atoms with Gasteiger partial charge in [0.15, 0.2) is 0 Å². The van der Waals surface area contributed by atoms with E-state index in [2.05, 4.69) is 10.6 Å². The second-order valence-corrected chi connectivity index (χ2v) is 5.54. The van der Waals surface area contributed by atoms with Gasteiger partial charge in [0.1, 0.15) is 0 Å². The maximum absolute atomic E-state index is 11.7. The SMILES string of the molecule is CC(C)OCCC(=O)NC1CC2CCC(C1)N2.Cl. The number of carbonyl (C=O) groups excluding carboxylic acids is 1. The predicted molar refractivity (Wildman–Crippen MR) is 74.1 cm³/mol. The summed E-state index contributed by atoms with van der Waals surface area (Å²) in [5, 5.41) is 6.71. The molecule has 2 aliphatic heterocycles. The van der Waals surface area contributed by atoms with Crippen LogP contribution in [-0.4, -0.2) is 36.7 Å². The Morgan fingerprint density at radius 3 is 2.50 bits per heavy atom. The van der Waals surface area contributed by atoms with Crippen molar-refractivity contribution in [2.24, 2.45) is 0 Å². The fourth-order valence-corrected chi connectivity index (χ4v) is 2.86. The van der Waals surface area contributed by atoms with E-state index >= 15 is 0 Å². The average molecular weight is 277 g/mol. The molecule has 18 heavy (non-hydrogen) atoms. The van der Waals surface area contributed by atoms with Crippen molar-refractivity contribution < 1.29 is 9.53 Å². The summed E-state index contributed by atoms with van der Waals surface area (Å²) >= 11 is 0. The van der Waals surface area contributed by atoms with Gasteiger partial charge in [0, 0.05) is 24.5 Å². The highest BCUT2D eigenvalue weighted by Crippen LogP contribution is 2.26. The zero-order valence-corrected chi connectivity index (χ0v) is 12.1. The lowest BCUT2D eigenvalue weighted by Crippen LogP contribution is -2.48. The molecule has 0 aliphatic carbocycles. The third-order valence-electron chi connectivity index (χ3n) is 3.62. The summed E-state index contributed by atoms with van der Waals surface area (Å²) in [7, 11) is 0. The van der Waals surface area contributed by atoms with E-state index in [4.69, 9.17) is 4.74 Å². The summed E-state index contributed by atoms with van der Waals surface area (Å²) in [5.41, 5.74) is 0. The van der Waals surface area contributed by atoms with Crippen molar-refractivity contribution in [3.8, 4) is 0 Å². The van der Waals surface area contributed by atoms with Gasteiger partial charge < -0.3 is 15.4 Å². The number of rotatable bonds is 5. The Kier molecular flexibility index (Phi) is 6.39. The van der Waals surface area contributed by atoms with Crippen LogP contribution in [0.2, 0.25) is 0 Å². The van der Waals surface area contributed by atoms with Crippen LogP contribution in [0.5, 0.6) is 0 Å². The number of halogens is 1. The van der Waals surface area contributed by atoms with Gasteiger partial charge in [0.25, 0.3) is 0 Å². The van der Waals surface area contributed by atoms with Crippen LogP contribution >= 0.6 is 12.4 Å². The second-order valence-electron chi connectivity index (χ2n) is 5.54. The van der Waals surface area contributed by atoms with E-state index in [0.717, 1.165) is 12.8 Å². The molecule has 0 radical (unpaired) electrons. The molecule has 2 heterocycles. The van der Waals surface area contributed by atoms with Gasteiger partial charge in [-0.2, -0.15) is 0 Å². The highest BCUT2D eigenvalue weighted by atomic mass is 35.5. The van der Waals surface area contributed by atoms with E-state index in [-0.39, 0.29) is 24.4 Å². The molecule has 1 amide bonds. The molecule has 2 unspecified atom stereocenters. The molecule has 0 aromatic heterocycles. The fourth-order valence-electron chi connectivity index (χ4n) is 2.86. The summed E-state index contributed by atoms with van der Waals surface area (Å²) in [6.45, 7) is 4.51. The Balaban J connectivity index is 0.00000162. The van der Waals surface area contributed by atoms with E-state index in [9.17, 15) is 4.79 Å². The first kappa shape index (κ1) is 15.7. The lowest BCUT2D eigenvalue weighted by atomic mass is 10.00. The summed E-state index contributed by atoms with van der Waals surface area (Å²) in [6.07, 6.45) is 5.41. The van der Waals surface area contributed by atoms with Gasteiger partial charge >= 0.3 is 0 Å². The topological polar surface area (TPSA) is 50.4 Å². The number of nitrogens with one attached hydrogen (secondary N) is 2. The van der Waals surface area contributed by atoms with E-state index in [1.54, 1.807) is 0 Å². The van der Waals surface area contributed by atoms with E-state index in [1.165, 1.54) is 12.8 Å². The van der Waals surface area contributed by atoms with Crippen LogP contribution < -0.4 is 10.6 Å². The van der Waals surface area contributed by atoms with Crippen LogP contribution in [0.15, 0.2) is 0 Å². The lowest BCUT2D eigenvalue weighted by Gasteiger charge is -2.29. The highest BCUT2D eigenvalue weighted by molar-refractivity contribution is 5.85. The fraction of sp³-hybridized carbons (Fsp3) is 0.923. The zero-order valence-electron chi connectivity index (χ0n) is 11.3. The minimum atomic E-state index is 0. The summed E-state index contributed by atoms with van der Waals surface area (Å²) in [6, 6.07) is 1.64. The van der Waals surface area contributed by atoms with Crippen molar-refractivity contribution in [3.63, 3.8) is 0 Å². The number of ether oxygens (including phenoxy) is 1. The molecule has 2 fully saturated rings. The Hall–Kier alpha value is -0.320. The van der Waals surface area contributed by atoms with Crippen molar-refractivity contribution in [1.82, 2.24) is 10.6 Å². The molecule has 2 bridgehead atoms. The molecule has 2 rings (SSSR count). The molecule has 0 spiro atoms. The number of amides is 1. The summed E-state index contributed by atoms with van der Waals surface area (Å²) in [5.74, 6) is 0.136. The molecule has 2 atom stereocenters. The standard InChI is InChI=1S/C13H24N2O2.ClH/c1-9(2)17-6-5-13(16)15-12-7-10-3-4-11(8-12)14-10;/h9-12,14H,3-8H2,1-2H3,(H,15,16);1H. The summed E-state index contributed by atoms with van der Waals surface area (Å²) < 4.78 is 5.38. The van der Waals surface area contributed by atoms with Crippen molar-refractivity contribution in [2.75, 3.05) is 6.61 Å². The number of piperidine rings is 1. The van der Waals surface area contributed by atoms with Gasteiger partial charge in [0.2, 0.25) is 5.91 Å². The van der Waals surface area contributed by atoms with E-state index in [0.29, 0.717) is 31.2 Å². The molecular weight excluding hydrogens is 252 g/mol. The first-order valence-corrected chi connectivity index (χ1v) is 6.80. The minimum Gasteiger partial charge on any atom is -0.378 e. The number of hydrogen-bond acceptors (Lipinski definition) is 3. The molecule has 2 saturated heterocycles. The van der Waals surface area contributed by atoms with Gasteiger partial charge in [-0.25, -0.2) is 0 Å². The van der Waals surface area contributed by atoms with Crippen LogP contribution in [0.25, 0.3) is 0 Å². The molecule has 0 aromatic carbocycles. The third-order valence-corrected chi connectivity index (χ3v) is 3.62. The van der Waals surface area contributed by atoms with E-state index < -0.39 is 0 Å². The second kappa shape index (κ2) is 7.31. The van der Waals surface area contributed by atoms with Gasteiger partial charge in [-0.3, -0.25) is 4.79 Å². The van der Waals surface area contributed by atoms with Gasteiger partial charge in [0.05, 0.1) is 12.7 Å². The Morgan fingerprint density at radius 1 is 1.33 bits per heavy atom. The smallest absolute Gasteiger partial charge is 0.222 e. The van der Waals surface area contributed by atoms with Gasteiger partial charge in [-0.05, 0) is 39.5 Å². The molecule has 2 aliphatic rings. The lowest BCUT2D eigenvalue weighted by molar-refractivity contribution is -0.123. The average Bonchev–Trinajstić information content (AvgIpc) is 2.57. The minimum absolute atomic E-state index is 0. The highest BCUT2D eigenvalue weighted by Gasteiger charge is 2.33. The van der Waals surface area contributed by atoms with Crippen molar-refractivity contribution >= 4 is 18.3 Å². The molecule has 106 valence electrons. The predicted octanol–water partition coefficient (Wildman–Crippen LogP) is 1.62. The molecule has 2 N–H and O–H groups in total. The monoisotopic (exact) mass is 276 g/mol. The maximum atomic E-state index is 11.7. The quantitative estimate of drug-likeness (QED) is 0.802. The van der Waals surface area contributed by atoms with Crippen LogP contribution in [0.3, 0.4) is 0 Å². The third kappa shape index (κ3) is 4.75. The largest absolute Gasteiger partial charge is 0.378 e. The number of carbonyl (C=O) groups is 1. The van der Waals surface area contributed by atoms with Crippen LogP contribution in [-0.2, 0) is 9.53 Å². The number of hydrogen-bond donors (Lipinski definition) is 2. The molecule has 5 heteroatoms. The number of fused-ring (bicyclic) bond motifs is 2. The summed E-state index contributed by atoms with van der Waals surface area (Å²) in [4.78, 5) is 11.7. The van der Waals surface area contributed by atoms with Crippen LogP contribution in [0.4, 0.5) is 0 Å². The Bertz CT molecular complexity index is 262. The molecule has 0 aromatic rings. The van der Waals surface area contributed by atoms with Crippen molar-refractivity contribution in [1.29, 1.82) is 0 Å².